The molecule has 318 valence electrons. The summed E-state index contributed by atoms with van der Waals surface area (Å²) in [6, 6.07) is 1.07. The van der Waals surface area contributed by atoms with Crippen molar-refractivity contribution in [2.45, 2.75) is 120 Å². The van der Waals surface area contributed by atoms with E-state index in [-0.39, 0.29) is 42.3 Å². The highest BCUT2D eigenvalue weighted by molar-refractivity contribution is 7.91. The number of methoxy groups -OCH3 is 1. The number of allylic oxidation sites excluding steroid dienone is 1. The van der Waals surface area contributed by atoms with Crippen molar-refractivity contribution in [2.75, 3.05) is 13.7 Å². The number of ether oxygens (including phenoxy) is 3. The van der Waals surface area contributed by atoms with E-state index in [1.165, 1.54) is 32.4 Å². The number of halogens is 4. The molecule has 2 saturated carbocycles. The quantitative estimate of drug-likeness (QED) is 0.240. The zero-order chi connectivity index (χ0) is 42.6. The van der Waals surface area contributed by atoms with Gasteiger partial charge in [-0.05, 0) is 83.3 Å². The molecule has 4 amide bonds. The summed E-state index contributed by atoms with van der Waals surface area (Å²) in [5.41, 5.74) is -4.60. The van der Waals surface area contributed by atoms with Gasteiger partial charge in [0.25, 0.3) is 5.91 Å². The van der Waals surface area contributed by atoms with Crippen molar-refractivity contribution in [3.05, 3.63) is 42.4 Å². The van der Waals surface area contributed by atoms with Crippen LogP contribution >= 0.6 is 0 Å². The molecule has 0 radical (unpaired) electrons. The van der Waals surface area contributed by atoms with E-state index < -0.39 is 91.7 Å². The molecule has 6 rings (SSSR count). The Kier molecular flexibility index (Phi) is 11.5. The molecule has 3 fully saturated rings. The first kappa shape index (κ1) is 42.9. The van der Waals surface area contributed by atoms with Crippen LogP contribution in [0.4, 0.5) is 22.4 Å². The molecule has 1 aromatic heterocycles. The first-order valence-corrected chi connectivity index (χ1v) is 20.7. The van der Waals surface area contributed by atoms with Crippen molar-refractivity contribution in [1.82, 2.24) is 25.2 Å². The minimum Gasteiger partial charge on any atom is -0.496 e. The predicted molar refractivity (Wildman–Crippen MR) is 201 cm³/mol. The maximum absolute atomic E-state index is 14.7. The van der Waals surface area contributed by atoms with Crippen LogP contribution in [0.15, 0.2) is 36.5 Å². The Balaban J connectivity index is 1.36. The van der Waals surface area contributed by atoms with E-state index in [2.05, 4.69) is 20.3 Å². The summed E-state index contributed by atoms with van der Waals surface area (Å²) in [6.07, 6.45) is -0.429. The van der Waals surface area contributed by atoms with Crippen molar-refractivity contribution in [3.8, 4) is 11.6 Å². The van der Waals surface area contributed by atoms with Crippen LogP contribution in [0.25, 0.3) is 10.8 Å². The van der Waals surface area contributed by atoms with Gasteiger partial charge in [0, 0.05) is 30.0 Å². The molecule has 7 atom stereocenters. The fraction of sp³-hybridized carbons (Fsp3) is 0.615. The molecule has 4 aliphatic rings. The van der Waals surface area contributed by atoms with Crippen molar-refractivity contribution < 1.29 is 59.4 Å². The Hall–Kier alpha value is -4.68. The molecule has 58 heavy (non-hydrogen) atoms. The molecule has 2 aliphatic heterocycles. The lowest BCUT2D eigenvalue weighted by molar-refractivity contribution is -0.244. The summed E-state index contributed by atoms with van der Waals surface area (Å²) >= 11 is 0. The lowest BCUT2D eigenvalue weighted by Gasteiger charge is -2.34. The highest BCUT2D eigenvalue weighted by Crippen LogP contribution is 2.48. The van der Waals surface area contributed by atoms with Crippen molar-refractivity contribution >= 4 is 44.6 Å². The van der Waals surface area contributed by atoms with E-state index in [1.54, 1.807) is 19.1 Å². The van der Waals surface area contributed by atoms with Gasteiger partial charge in [-0.15, -0.1) is 0 Å². The number of sulfonamides is 1. The molecule has 19 heteroatoms. The molecule has 1 saturated heterocycles. The largest absolute Gasteiger partial charge is 0.496 e. The molecule has 2 aliphatic carbocycles. The van der Waals surface area contributed by atoms with Gasteiger partial charge >= 0.3 is 12.3 Å². The number of benzene rings is 1. The number of carbonyl (C=O) groups is 4. The number of rotatable bonds is 8. The third kappa shape index (κ3) is 8.54. The number of amides is 4. The zero-order valence-electron chi connectivity index (χ0n) is 33.1. The average Bonchev–Trinajstić information content (AvgIpc) is 4.01. The number of carbonyl (C=O) groups excluding carboxylic acids is 4. The summed E-state index contributed by atoms with van der Waals surface area (Å²) in [4.78, 5) is 61.6. The van der Waals surface area contributed by atoms with Crippen molar-refractivity contribution in [2.24, 2.45) is 17.8 Å². The van der Waals surface area contributed by atoms with Gasteiger partial charge in [0.2, 0.25) is 33.3 Å². The van der Waals surface area contributed by atoms with Gasteiger partial charge in [0.15, 0.2) is 0 Å². The van der Waals surface area contributed by atoms with Gasteiger partial charge in [-0.25, -0.2) is 22.6 Å². The van der Waals surface area contributed by atoms with Crippen LogP contribution < -0.4 is 24.8 Å². The highest BCUT2D eigenvalue weighted by atomic mass is 32.2. The smallest absolute Gasteiger partial charge is 0.427 e. The van der Waals surface area contributed by atoms with Crippen LogP contribution in [-0.2, 0) is 29.1 Å². The SMILES string of the molecule is COc1cc(F)cc2c(O[C@@H]3C[C@H]4C(=O)N[C@]5(C(=O)NS(=O)(=O)C6(C)CC6)CC5/C=C\CC[C@@H](C)C[C@@H](C)[C@H](NC(=O)OC(C)(C)C(F)(F)F)C(=O)N4C3)nccc12. The highest BCUT2D eigenvalue weighted by Gasteiger charge is 2.63. The number of alkyl carbamates (subject to hydrolysis) is 1. The normalized spacial score (nSPS) is 29.4. The van der Waals surface area contributed by atoms with Crippen LogP contribution in [0, 0.1) is 23.6 Å². The predicted octanol–water partition coefficient (Wildman–Crippen LogP) is 5.05. The molecule has 1 aromatic carbocycles. The summed E-state index contributed by atoms with van der Waals surface area (Å²) < 4.78 is 99.6. The maximum atomic E-state index is 14.7. The molecule has 2 aromatic rings. The van der Waals surface area contributed by atoms with Gasteiger partial charge in [-0.1, -0.05) is 26.0 Å². The second-order valence-electron chi connectivity index (χ2n) is 16.8. The average molecular weight is 840 g/mol. The number of fused-ring (bicyclic) bond motifs is 3. The zero-order valence-corrected chi connectivity index (χ0v) is 33.9. The number of nitrogens with one attached hydrogen (secondary N) is 3. The number of hydrogen-bond acceptors (Lipinski definition) is 10. The van der Waals surface area contributed by atoms with E-state index in [1.807, 2.05) is 13.0 Å². The second-order valence-corrected chi connectivity index (χ2v) is 19.0. The lowest BCUT2D eigenvalue weighted by atomic mass is 9.88. The number of pyridine rings is 1. The number of aromatic nitrogens is 1. The summed E-state index contributed by atoms with van der Waals surface area (Å²) in [5.74, 6) is -4.44. The molecule has 1 unspecified atom stereocenters. The minimum atomic E-state index is -4.94. The van der Waals surface area contributed by atoms with E-state index >= 15 is 0 Å². The Morgan fingerprint density at radius 3 is 2.45 bits per heavy atom. The number of alkyl halides is 3. The van der Waals surface area contributed by atoms with E-state index in [4.69, 9.17) is 14.2 Å². The lowest BCUT2D eigenvalue weighted by Crippen LogP contribution is -2.59. The Labute approximate surface area is 333 Å². The third-order valence-electron chi connectivity index (χ3n) is 11.8. The first-order chi connectivity index (χ1) is 27.0. The molecular weight excluding hydrogens is 791 g/mol. The van der Waals surface area contributed by atoms with Gasteiger partial charge in [-0.3, -0.25) is 19.1 Å². The van der Waals surface area contributed by atoms with Crippen LogP contribution in [-0.4, -0.2) is 96.0 Å². The van der Waals surface area contributed by atoms with Crippen LogP contribution in [0.1, 0.15) is 79.6 Å². The minimum absolute atomic E-state index is 0.0484. The monoisotopic (exact) mass is 839 g/mol. The number of nitrogens with zero attached hydrogens (tertiary/aromatic N) is 2. The van der Waals surface area contributed by atoms with E-state index in [0.717, 1.165) is 4.90 Å². The van der Waals surface area contributed by atoms with Crippen LogP contribution in [0.3, 0.4) is 0 Å². The Morgan fingerprint density at radius 2 is 1.79 bits per heavy atom. The summed E-state index contributed by atoms with van der Waals surface area (Å²) in [5, 5.41) is 5.78. The van der Waals surface area contributed by atoms with E-state index in [0.29, 0.717) is 51.3 Å². The van der Waals surface area contributed by atoms with Crippen LogP contribution in [0.5, 0.6) is 11.6 Å². The number of hydrogen-bond donors (Lipinski definition) is 3. The molecule has 14 nitrogen and oxygen atoms in total. The van der Waals surface area contributed by atoms with Crippen molar-refractivity contribution in [3.63, 3.8) is 0 Å². The molecule has 0 spiro atoms. The standard InChI is InChI=1S/C39H49F4N5O9S/c1-21-9-7-8-10-23-19-38(23,34(51)47-58(53,54)37(5)12-13-37)46-31(49)28-18-25(56-32-27-16-24(40)17-29(55-6)26(27)11-14-44-32)20-48(28)33(50)30(22(2)15-21)45-35(52)57-36(3,4)39(41,42)43/h8,10-11,14,16-17,21-23,25,28,30H,7,9,12-13,15,18-20H2,1-6H3,(H,45,52)(H,46,49)(H,47,51)/b10-8-/t21-,22-,23?,25-,28+,30+,38-/m1/s1. The summed E-state index contributed by atoms with van der Waals surface area (Å²) in [6.45, 7) is 6.11. The van der Waals surface area contributed by atoms with Gasteiger partial charge in [0.05, 0.1) is 23.8 Å². The Morgan fingerprint density at radius 1 is 1.09 bits per heavy atom. The first-order valence-electron chi connectivity index (χ1n) is 19.2. The van der Waals surface area contributed by atoms with Crippen LogP contribution in [0.2, 0.25) is 0 Å². The molecule has 0 bridgehead atoms. The topological polar surface area (TPSA) is 182 Å². The van der Waals surface area contributed by atoms with Crippen molar-refractivity contribution in [1.29, 1.82) is 0 Å². The molecular formula is C39H49F4N5O9S. The van der Waals surface area contributed by atoms with Gasteiger partial charge < -0.3 is 29.7 Å². The van der Waals surface area contributed by atoms with Gasteiger partial charge in [-0.2, -0.15) is 13.2 Å². The van der Waals surface area contributed by atoms with Gasteiger partial charge in [0.1, 0.15) is 35.3 Å². The third-order valence-corrected chi connectivity index (χ3v) is 14.0. The fourth-order valence-corrected chi connectivity index (χ4v) is 8.97. The summed E-state index contributed by atoms with van der Waals surface area (Å²) in [7, 11) is -2.74. The fourth-order valence-electron chi connectivity index (χ4n) is 7.65. The second kappa shape index (κ2) is 15.5. The maximum Gasteiger partial charge on any atom is 0.427 e. The molecule has 3 heterocycles. The Bertz CT molecular complexity index is 2110. The molecule has 3 N–H and O–H groups in total. The van der Waals surface area contributed by atoms with E-state index in [9.17, 15) is 45.2 Å².